The van der Waals surface area contributed by atoms with Crippen molar-refractivity contribution in [2.75, 3.05) is 29.9 Å². The van der Waals surface area contributed by atoms with Crippen LogP contribution in [0.1, 0.15) is 48.9 Å². The summed E-state index contributed by atoms with van der Waals surface area (Å²) < 4.78 is 56.8. The van der Waals surface area contributed by atoms with Crippen LogP contribution in [0.25, 0.3) is 0 Å². The lowest BCUT2D eigenvalue weighted by Crippen LogP contribution is -2.35. The highest BCUT2D eigenvalue weighted by atomic mass is 32.2. The number of nitrogens with zero attached hydrogens (tertiary/aromatic N) is 3. The van der Waals surface area contributed by atoms with Gasteiger partial charge in [-0.15, -0.1) is 4.40 Å². The molecular weight excluding hydrogens is 476 g/mol. The van der Waals surface area contributed by atoms with Crippen LogP contribution < -0.4 is 10.2 Å². The summed E-state index contributed by atoms with van der Waals surface area (Å²) >= 11 is 0. The molecule has 34 heavy (non-hydrogen) atoms. The van der Waals surface area contributed by atoms with Gasteiger partial charge in [-0.25, -0.2) is 8.42 Å². The van der Waals surface area contributed by atoms with Gasteiger partial charge in [0.15, 0.2) is 0 Å². The number of amides is 1. The molecule has 3 aliphatic rings. The number of carbonyl (C=O) groups excluding carboxylic acids is 1. The molecular formula is C23H26N4O5S2. The fourth-order valence-corrected chi connectivity index (χ4v) is 7.48. The molecule has 0 radical (unpaired) electrons. The van der Waals surface area contributed by atoms with Crippen LogP contribution >= 0.6 is 0 Å². The second-order valence-corrected chi connectivity index (χ2v) is 12.2. The van der Waals surface area contributed by atoms with Crippen LogP contribution in [-0.4, -0.2) is 52.5 Å². The number of hydrogen-bond acceptors (Lipinski definition) is 6. The zero-order chi connectivity index (χ0) is 23.9. The van der Waals surface area contributed by atoms with Crippen molar-refractivity contribution in [1.29, 1.82) is 0 Å². The van der Waals surface area contributed by atoms with E-state index >= 15 is 0 Å². The monoisotopic (exact) mass is 502 g/mol. The van der Waals surface area contributed by atoms with Gasteiger partial charge >= 0.3 is 0 Å². The number of hydrogen-bond donors (Lipinski definition) is 1. The predicted molar refractivity (Wildman–Crippen MR) is 129 cm³/mol. The number of anilines is 2. The molecule has 1 N–H and O–H groups in total. The molecule has 3 heterocycles. The summed E-state index contributed by atoms with van der Waals surface area (Å²) in [6.45, 7) is 1.67. The van der Waals surface area contributed by atoms with Crippen molar-refractivity contribution in [2.45, 2.75) is 48.3 Å². The summed E-state index contributed by atoms with van der Waals surface area (Å²) in [5, 5.41) is 2.70. The quantitative estimate of drug-likeness (QED) is 0.686. The Balaban J connectivity index is 1.41. The van der Waals surface area contributed by atoms with Gasteiger partial charge in [-0.2, -0.15) is 12.7 Å². The van der Waals surface area contributed by atoms with Crippen LogP contribution in [0, 0.1) is 0 Å². The van der Waals surface area contributed by atoms with E-state index in [-0.39, 0.29) is 15.4 Å². The average Bonchev–Trinajstić information content (AvgIpc) is 3.27. The molecule has 0 atom stereocenters. The minimum absolute atomic E-state index is 0.0103. The molecule has 0 bridgehead atoms. The first kappa shape index (κ1) is 23.0. The zero-order valence-corrected chi connectivity index (χ0v) is 20.2. The van der Waals surface area contributed by atoms with Gasteiger partial charge in [-0.3, -0.25) is 4.79 Å². The lowest BCUT2D eigenvalue weighted by atomic mass is 10.1. The Morgan fingerprint density at radius 2 is 1.71 bits per heavy atom. The van der Waals surface area contributed by atoms with Gasteiger partial charge in [0.25, 0.3) is 15.9 Å². The van der Waals surface area contributed by atoms with E-state index in [4.69, 9.17) is 0 Å². The Kier molecular flexibility index (Phi) is 5.95. The minimum atomic E-state index is -3.91. The van der Waals surface area contributed by atoms with E-state index in [2.05, 4.69) is 9.71 Å². The molecule has 3 aliphatic heterocycles. The first-order valence-electron chi connectivity index (χ1n) is 11.4. The highest BCUT2D eigenvalue weighted by Crippen LogP contribution is 2.35. The molecule has 1 amide bonds. The Labute approximate surface area is 199 Å². The van der Waals surface area contributed by atoms with Crippen molar-refractivity contribution < 1.29 is 21.6 Å². The van der Waals surface area contributed by atoms with Crippen molar-refractivity contribution in [3.8, 4) is 0 Å². The van der Waals surface area contributed by atoms with Gasteiger partial charge in [0.2, 0.25) is 10.0 Å². The predicted octanol–water partition coefficient (Wildman–Crippen LogP) is 3.20. The van der Waals surface area contributed by atoms with Crippen molar-refractivity contribution >= 4 is 43.2 Å². The van der Waals surface area contributed by atoms with Crippen molar-refractivity contribution in [2.24, 2.45) is 4.40 Å². The largest absolute Gasteiger partial charge is 0.328 e. The fraction of sp³-hybridized carbons (Fsp3) is 0.391. The summed E-state index contributed by atoms with van der Waals surface area (Å²) in [7, 11) is -7.53. The molecule has 9 nitrogen and oxygen atoms in total. The third kappa shape index (κ3) is 4.23. The maximum Gasteiger partial charge on any atom is 0.286 e. The maximum atomic E-state index is 13.0. The van der Waals surface area contributed by atoms with Crippen molar-refractivity contribution in [3.63, 3.8) is 0 Å². The second-order valence-electron chi connectivity index (χ2n) is 8.72. The van der Waals surface area contributed by atoms with Crippen LogP contribution in [0.2, 0.25) is 0 Å². The number of carbonyl (C=O) groups is 1. The van der Waals surface area contributed by atoms with Crippen molar-refractivity contribution in [1.82, 2.24) is 4.31 Å². The van der Waals surface area contributed by atoms with E-state index in [0.717, 1.165) is 32.1 Å². The van der Waals surface area contributed by atoms with Gasteiger partial charge < -0.3 is 10.2 Å². The highest BCUT2D eigenvalue weighted by Gasteiger charge is 2.32. The average molecular weight is 503 g/mol. The Hall–Kier alpha value is -2.76. The van der Waals surface area contributed by atoms with Gasteiger partial charge in [-0.1, -0.05) is 12.5 Å². The second kappa shape index (κ2) is 8.79. The molecule has 0 unspecified atom stereocenters. The molecule has 0 aromatic heterocycles. The number of fused-ring (bicyclic) bond motifs is 3. The van der Waals surface area contributed by atoms with Crippen LogP contribution in [0.15, 0.2) is 56.7 Å². The van der Waals surface area contributed by atoms with E-state index in [1.807, 2.05) is 4.90 Å². The number of amidine groups is 1. The van der Waals surface area contributed by atoms with Gasteiger partial charge in [0, 0.05) is 37.3 Å². The summed E-state index contributed by atoms with van der Waals surface area (Å²) in [4.78, 5) is 15.0. The summed E-state index contributed by atoms with van der Waals surface area (Å²) in [6.07, 6.45) is 5.12. The Morgan fingerprint density at radius 3 is 2.50 bits per heavy atom. The SMILES string of the molecule is O=C(Nc1cccc(S(=O)(=O)N2CCCC2)c1)c1ccc2c(c1)S(=O)(=O)N=C1CCCCCN12. The molecule has 2 fully saturated rings. The van der Waals surface area contributed by atoms with Crippen LogP contribution in [0.4, 0.5) is 11.4 Å². The maximum absolute atomic E-state index is 13.0. The Bertz CT molecular complexity index is 1380. The van der Waals surface area contributed by atoms with Crippen LogP contribution in [0.3, 0.4) is 0 Å². The number of sulfonamides is 2. The lowest BCUT2D eigenvalue weighted by Gasteiger charge is -2.29. The molecule has 5 rings (SSSR count). The van der Waals surface area contributed by atoms with E-state index in [0.29, 0.717) is 43.3 Å². The number of nitrogens with one attached hydrogen (secondary N) is 1. The first-order chi connectivity index (χ1) is 16.3. The molecule has 11 heteroatoms. The molecule has 180 valence electrons. The lowest BCUT2D eigenvalue weighted by molar-refractivity contribution is 0.102. The number of benzene rings is 2. The standard InChI is InChI=1S/C23H26N4O5S2/c28-23(24-18-7-6-8-19(16-18)34(31,32)26-12-4-5-13-26)17-10-11-20-21(15-17)33(29,30)25-22-9-2-1-3-14-27(20)22/h6-8,10-11,15-16H,1-5,9,12-14H2,(H,24,28). The van der Waals surface area contributed by atoms with Gasteiger partial charge in [0.1, 0.15) is 10.7 Å². The summed E-state index contributed by atoms with van der Waals surface area (Å²) in [5.41, 5.74) is 1.02. The molecule has 2 saturated heterocycles. The molecule has 2 aromatic rings. The van der Waals surface area contributed by atoms with Gasteiger partial charge in [0.05, 0.1) is 10.6 Å². The van der Waals surface area contributed by atoms with Gasteiger partial charge in [-0.05, 0) is 62.1 Å². The fourth-order valence-electron chi connectivity index (χ4n) is 4.64. The van der Waals surface area contributed by atoms with Crippen LogP contribution in [-0.2, 0) is 20.0 Å². The molecule has 0 spiro atoms. The van der Waals surface area contributed by atoms with E-state index in [1.54, 1.807) is 24.3 Å². The molecule has 0 aliphatic carbocycles. The third-order valence-electron chi connectivity index (χ3n) is 6.40. The zero-order valence-electron chi connectivity index (χ0n) is 18.6. The topological polar surface area (TPSA) is 116 Å². The first-order valence-corrected chi connectivity index (χ1v) is 14.3. The van der Waals surface area contributed by atoms with E-state index < -0.39 is 26.0 Å². The number of rotatable bonds is 4. The Morgan fingerprint density at radius 1 is 0.941 bits per heavy atom. The molecule has 2 aromatic carbocycles. The molecule has 0 saturated carbocycles. The minimum Gasteiger partial charge on any atom is -0.328 e. The summed E-state index contributed by atoms with van der Waals surface area (Å²) in [5.74, 6) is 0.0255. The summed E-state index contributed by atoms with van der Waals surface area (Å²) in [6, 6.07) is 10.7. The smallest absolute Gasteiger partial charge is 0.286 e. The normalized spacial score (nSPS) is 20.1. The third-order valence-corrected chi connectivity index (χ3v) is 9.63. The van der Waals surface area contributed by atoms with Crippen LogP contribution in [0.5, 0.6) is 0 Å². The van der Waals surface area contributed by atoms with E-state index in [9.17, 15) is 21.6 Å². The highest BCUT2D eigenvalue weighted by molar-refractivity contribution is 7.90. The van der Waals surface area contributed by atoms with Crippen molar-refractivity contribution in [3.05, 3.63) is 48.0 Å². The van der Waals surface area contributed by atoms with E-state index in [1.165, 1.54) is 22.5 Å².